The third kappa shape index (κ3) is 3.85. The monoisotopic (exact) mass is 297 g/mol. The molecule has 3 rings (SSSR count). The highest BCUT2D eigenvalue weighted by Gasteiger charge is 2.28. The molecule has 1 aromatic rings. The molecule has 4 nitrogen and oxygen atoms in total. The van der Waals surface area contributed by atoms with Gasteiger partial charge in [-0.2, -0.15) is 0 Å². The van der Waals surface area contributed by atoms with Gasteiger partial charge < -0.3 is 10.4 Å². The minimum absolute atomic E-state index is 0. The summed E-state index contributed by atoms with van der Waals surface area (Å²) < 4.78 is 0. The van der Waals surface area contributed by atoms with E-state index in [0.717, 1.165) is 32.2 Å². The summed E-state index contributed by atoms with van der Waals surface area (Å²) in [5, 5.41) is 12.9. The fourth-order valence-electron chi connectivity index (χ4n) is 3.21. The molecule has 2 aliphatic heterocycles. The van der Waals surface area contributed by atoms with Crippen LogP contribution in [0.1, 0.15) is 12.0 Å². The number of hydrogen-bond donors (Lipinski definition) is 2. The Morgan fingerprint density at radius 3 is 2.75 bits per heavy atom. The second-order valence-corrected chi connectivity index (χ2v) is 5.63. The van der Waals surface area contributed by atoms with Crippen molar-refractivity contribution in [1.82, 2.24) is 15.1 Å². The minimum atomic E-state index is 0. The number of nitrogens with one attached hydrogen (secondary N) is 1. The van der Waals surface area contributed by atoms with Gasteiger partial charge in [0.2, 0.25) is 0 Å². The Kier molecular flexibility index (Phi) is 5.66. The fourth-order valence-corrected chi connectivity index (χ4v) is 3.21. The number of phenolic OH excluding ortho intramolecular Hbond substituents is 1. The summed E-state index contributed by atoms with van der Waals surface area (Å²) in [4.78, 5) is 5.13. The summed E-state index contributed by atoms with van der Waals surface area (Å²) in [6, 6.07) is 8.35. The summed E-state index contributed by atoms with van der Waals surface area (Å²) in [7, 11) is 0. The summed E-state index contributed by atoms with van der Waals surface area (Å²) >= 11 is 0. The van der Waals surface area contributed by atoms with Crippen LogP contribution in [0.5, 0.6) is 5.75 Å². The van der Waals surface area contributed by atoms with Crippen molar-refractivity contribution in [3.63, 3.8) is 0 Å². The van der Waals surface area contributed by atoms with Crippen molar-refractivity contribution in [2.75, 3.05) is 39.3 Å². The predicted octanol–water partition coefficient (Wildman–Crippen LogP) is 1.29. The summed E-state index contributed by atoms with van der Waals surface area (Å²) in [6.45, 7) is 7.91. The SMILES string of the molecule is Cl.Oc1cccc(CN2CCC(N3CCNCC3)C2)c1. The molecule has 2 N–H and O–H groups in total. The molecule has 1 atom stereocenters. The van der Waals surface area contributed by atoms with E-state index in [0.29, 0.717) is 5.75 Å². The van der Waals surface area contributed by atoms with E-state index >= 15 is 0 Å². The average Bonchev–Trinajstić information content (AvgIpc) is 2.88. The standard InChI is InChI=1S/C15H23N3O.ClH/c19-15-3-1-2-13(10-15)11-17-7-4-14(12-17)18-8-5-16-6-9-18;/h1-3,10,14,16,19H,4-9,11-12H2;1H. The number of aromatic hydroxyl groups is 1. The van der Waals surface area contributed by atoms with Gasteiger partial charge in [0.1, 0.15) is 5.75 Å². The number of rotatable bonds is 3. The number of phenols is 1. The van der Waals surface area contributed by atoms with E-state index in [1.54, 1.807) is 6.07 Å². The maximum atomic E-state index is 9.51. The molecule has 2 aliphatic rings. The minimum Gasteiger partial charge on any atom is -0.508 e. The molecule has 5 heteroatoms. The molecule has 0 bridgehead atoms. The van der Waals surface area contributed by atoms with Crippen LogP contribution in [-0.2, 0) is 6.54 Å². The second kappa shape index (κ2) is 7.27. The van der Waals surface area contributed by atoms with Gasteiger partial charge in [-0.15, -0.1) is 12.4 Å². The molecule has 0 amide bonds. The van der Waals surface area contributed by atoms with Crippen molar-refractivity contribution in [1.29, 1.82) is 0 Å². The van der Waals surface area contributed by atoms with Gasteiger partial charge in [0.05, 0.1) is 0 Å². The van der Waals surface area contributed by atoms with E-state index in [2.05, 4.69) is 21.2 Å². The van der Waals surface area contributed by atoms with Crippen molar-refractivity contribution in [2.45, 2.75) is 19.0 Å². The van der Waals surface area contributed by atoms with Crippen LogP contribution in [0.15, 0.2) is 24.3 Å². The van der Waals surface area contributed by atoms with E-state index in [-0.39, 0.29) is 12.4 Å². The van der Waals surface area contributed by atoms with E-state index in [9.17, 15) is 5.11 Å². The highest BCUT2D eigenvalue weighted by atomic mass is 35.5. The van der Waals surface area contributed by atoms with Crippen LogP contribution in [0.25, 0.3) is 0 Å². The first-order valence-corrected chi connectivity index (χ1v) is 7.26. The van der Waals surface area contributed by atoms with Gasteiger partial charge in [0.15, 0.2) is 0 Å². The van der Waals surface area contributed by atoms with Gasteiger partial charge in [-0.1, -0.05) is 12.1 Å². The van der Waals surface area contributed by atoms with Crippen LogP contribution >= 0.6 is 12.4 Å². The molecule has 112 valence electrons. The Hall–Kier alpha value is -0.810. The van der Waals surface area contributed by atoms with E-state index in [1.807, 2.05) is 12.1 Å². The first kappa shape index (κ1) is 15.6. The smallest absolute Gasteiger partial charge is 0.115 e. The van der Waals surface area contributed by atoms with Crippen LogP contribution in [0.2, 0.25) is 0 Å². The zero-order chi connectivity index (χ0) is 13.1. The Labute approximate surface area is 127 Å². The molecule has 0 spiro atoms. The first-order chi connectivity index (χ1) is 9.31. The predicted molar refractivity (Wildman–Crippen MR) is 83.5 cm³/mol. The largest absolute Gasteiger partial charge is 0.508 e. The molecule has 2 heterocycles. The lowest BCUT2D eigenvalue weighted by Crippen LogP contribution is -2.49. The number of benzene rings is 1. The van der Waals surface area contributed by atoms with Gasteiger partial charge in [0, 0.05) is 51.9 Å². The molecule has 0 saturated carbocycles. The zero-order valence-electron chi connectivity index (χ0n) is 11.8. The molecule has 20 heavy (non-hydrogen) atoms. The molecule has 2 saturated heterocycles. The molecule has 0 radical (unpaired) electrons. The van der Waals surface area contributed by atoms with Gasteiger partial charge in [-0.25, -0.2) is 0 Å². The maximum Gasteiger partial charge on any atom is 0.115 e. The lowest BCUT2D eigenvalue weighted by Gasteiger charge is -2.32. The Morgan fingerprint density at radius 1 is 1.20 bits per heavy atom. The van der Waals surface area contributed by atoms with Crippen LogP contribution < -0.4 is 5.32 Å². The maximum absolute atomic E-state index is 9.51. The van der Waals surface area contributed by atoms with Gasteiger partial charge in [-0.3, -0.25) is 9.80 Å². The van der Waals surface area contributed by atoms with Crippen LogP contribution in [0.3, 0.4) is 0 Å². The molecule has 0 aromatic heterocycles. The lowest BCUT2D eigenvalue weighted by atomic mass is 10.2. The zero-order valence-corrected chi connectivity index (χ0v) is 12.6. The molecule has 2 fully saturated rings. The molecular weight excluding hydrogens is 274 g/mol. The molecule has 1 aromatic carbocycles. The number of hydrogen-bond acceptors (Lipinski definition) is 4. The van der Waals surface area contributed by atoms with Crippen molar-refractivity contribution in [2.24, 2.45) is 0 Å². The Balaban J connectivity index is 0.00000147. The summed E-state index contributed by atoms with van der Waals surface area (Å²) in [5.74, 6) is 0.371. The highest BCUT2D eigenvalue weighted by molar-refractivity contribution is 5.85. The van der Waals surface area contributed by atoms with Crippen molar-refractivity contribution in [3.8, 4) is 5.75 Å². The molecule has 0 aliphatic carbocycles. The lowest BCUT2D eigenvalue weighted by molar-refractivity contribution is 0.170. The van der Waals surface area contributed by atoms with Gasteiger partial charge in [-0.05, 0) is 24.1 Å². The third-order valence-corrected chi connectivity index (χ3v) is 4.23. The van der Waals surface area contributed by atoms with E-state index in [4.69, 9.17) is 0 Å². The summed E-state index contributed by atoms with van der Waals surface area (Å²) in [6.07, 6.45) is 1.28. The van der Waals surface area contributed by atoms with Crippen LogP contribution in [-0.4, -0.2) is 60.2 Å². The second-order valence-electron chi connectivity index (χ2n) is 5.63. The van der Waals surface area contributed by atoms with Crippen LogP contribution in [0.4, 0.5) is 0 Å². The third-order valence-electron chi connectivity index (χ3n) is 4.23. The van der Waals surface area contributed by atoms with E-state index < -0.39 is 0 Å². The summed E-state index contributed by atoms with van der Waals surface area (Å²) in [5.41, 5.74) is 1.21. The average molecular weight is 298 g/mol. The van der Waals surface area contributed by atoms with Crippen molar-refractivity contribution in [3.05, 3.63) is 29.8 Å². The van der Waals surface area contributed by atoms with E-state index in [1.165, 1.54) is 31.6 Å². The normalized spacial score (nSPS) is 24.5. The highest BCUT2D eigenvalue weighted by Crippen LogP contribution is 2.20. The van der Waals surface area contributed by atoms with Crippen LogP contribution in [0, 0.1) is 0 Å². The number of halogens is 1. The topological polar surface area (TPSA) is 38.7 Å². The number of nitrogens with zero attached hydrogens (tertiary/aromatic N) is 2. The van der Waals surface area contributed by atoms with Crippen molar-refractivity contribution < 1.29 is 5.11 Å². The van der Waals surface area contributed by atoms with Crippen molar-refractivity contribution >= 4 is 12.4 Å². The number of piperazine rings is 1. The van der Waals surface area contributed by atoms with Gasteiger partial charge in [0.25, 0.3) is 0 Å². The molecule has 1 unspecified atom stereocenters. The van der Waals surface area contributed by atoms with Gasteiger partial charge >= 0.3 is 0 Å². The molecular formula is C15H24ClN3O. The first-order valence-electron chi connectivity index (χ1n) is 7.26. The quantitative estimate of drug-likeness (QED) is 0.882. The number of likely N-dealkylation sites (tertiary alicyclic amines) is 1. The Morgan fingerprint density at radius 2 is 2.00 bits per heavy atom. The Bertz CT molecular complexity index is 423. The fraction of sp³-hybridized carbons (Fsp3) is 0.600.